The zero-order valence-corrected chi connectivity index (χ0v) is 12.1. The van der Waals surface area contributed by atoms with Crippen LogP contribution >= 0.6 is 0 Å². The molecule has 0 saturated heterocycles. The summed E-state index contributed by atoms with van der Waals surface area (Å²) in [4.78, 5) is 4.68. The van der Waals surface area contributed by atoms with E-state index in [4.69, 9.17) is 0 Å². The number of aryl methyl sites for hydroxylation is 1. The van der Waals surface area contributed by atoms with Crippen LogP contribution in [0.2, 0.25) is 0 Å². The Hall–Kier alpha value is -1.83. The molecule has 2 heteroatoms. The van der Waals surface area contributed by atoms with E-state index >= 15 is 0 Å². The number of hydrogen-bond donors (Lipinski definition) is 1. The number of pyridine rings is 1. The van der Waals surface area contributed by atoms with Crippen molar-refractivity contribution in [2.24, 2.45) is 5.92 Å². The lowest BCUT2D eigenvalue weighted by Gasteiger charge is -2.48. The van der Waals surface area contributed by atoms with Gasteiger partial charge in [-0.2, -0.15) is 0 Å². The summed E-state index contributed by atoms with van der Waals surface area (Å²) in [6.07, 6.45) is 4.31. The number of aromatic nitrogens is 1. The van der Waals surface area contributed by atoms with Crippen molar-refractivity contribution in [1.29, 1.82) is 0 Å². The van der Waals surface area contributed by atoms with Crippen molar-refractivity contribution in [3.8, 4) is 0 Å². The van der Waals surface area contributed by atoms with E-state index in [1.54, 1.807) is 0 Å². The van der Waals surface area contributed by atoms with Crippen molar-refractivity contribution in [3.63, 3.8) is 0 Å². The normalized spacial score (nSPS) is 25.9. The molecule has 0 amide bonds. The summed E-state index contributed by atoms with van der Waals surface area (Å²) in [6, 6.07) is 13.4. The molecule has 0 saturated carbocycles. The van der Waals surface area contributed by atoms with Crippen LogP contribution in [-0.4, -0.2) is 4.98 Å². The van der Waals surface area contributed by atoms with Crippen molar-refractivity contribution in [2.45, 2.75) is 38.1 Å². The Morgan fingerprint density at radius 1 is 1.15 bits per heavy atom. The summed E-state index contributed by atoms with van der Waals surface area (Å²) in [5.74, 6) is 0.611. The molecule has 2 heterocycles. The van der Waals surface area contributed by atoms with Crippen LogP contribution in [0.5, 0.6) is 0 Å². The van der Waals surface area contributed by atoms with Gasteiger partial charge in [0.1, 0.15) is 0 Å². The number of rotatable bonds is 0. The van der Waals surface area contributed by atoms with Crippen molar-refractivity contribution >= 4 is 5.69 Å². The highest BCUT2D eigenvalue weighted by molar-refractivity contribution is 5.59. The van der Waals surface area contributed by atoms with E-state index in [0.717, 1.165) is 6.42 Å². The van der Waals surface area contributed by atoms with E-state index in [9.17, 15) is 0 Å². The van der Waals surface area contributed by atoms with Crippen LogP contribution in [0.15, 0.2) is 42.6 Å². The molecule has 2 aromatic rings. The zero-order valence-electron chi connectivity index (χ0n) is 12.1. The molecule has 0 radical (unpaired) electrons. The summed E-state index contributed by atoms with van der Waals surface area (Å²) >= 11 is 0. The molecule has 0 unspecified atom stereocenters. The topological polar surface area (TPSA) is 24.9 Å². The first-order chi connectivity index (χ1) is 9.68. The second kappa shape index (κ2) is 4.08. The first-order valence-corrected chi connectivity index (χ1v) is 7.48. The maximum Gasteiger partial charge on any atom is 0.0724 e. The van der Waals surface area contributed by atoms with Gasteiger partial charge in [-0.3, -0.25) is 4.98 Å². The average molecular weight is 264 g/mol. The Morgan fingerprint density at radius 2 is 2.00 bits per heavy atom. The molecule has 1 N–H and O–H groups in total. The van der Waals surface area contributed by atoms with E-state index in [0.29, 0.717) is 12.0 Å². The maximum absolute atomic E-state index is 4.68. The van der Waals surface area contributed by atoms with Crippen LogP contribution in [-0.2, 0) is 11.8 Å². The smallest absolute Gasteiger partial charge is 0.0724 e. The Morgan fingerprint density at radius 3 is 2.90 bits per heavy atom. The summed E-state index contributed by atoms with van der Waals surface area (Å²) in [6.45, 7) is 4.77. The highest BCUT2D eigenvalue weighted by Gasteiger charge is 2.45. The van der Waals surface area contributed by atoms with Gasteiger partial charge in [-0.25, -0.2) is 0 Å². The van der Waals surface area contributed by atoms with Gasteiger partial charge in [0.2, 0.25) is 0 Å². The zero-order chi connectivity index (χ0) is 13.7. The molecule has 0 bridgehead atoms. The molecule has 102 valence electrons. The Bertz CT molecular complexity index is 660. The molecular formula is C18H20N2. The minimum Gasteiger partial charge on any atom is -0.376 e. The van der Waals surface area contributed by atoms with Gasteiger partial charge in [-0.15, -0.1) is 0 Å². The van der Waals surface area contributed by atoms with Gasteiger partial charge in [0.05, 0.1) is 11.7 Å². The van der Waals surface area contributed by atoms with E-state index in [1.807, 2.05) is 6.20 Å². The minimum absolute atomic E-state index is 0.196. The number of para-hydroxylation sites is 1. The summed E-state index contributed by atoms with van der Waals surface area (Å²) in [5.41, 5.74) is 5.59. The molecule has 2 atom stereocenters. The molecule has 1 aromatic heterocycles. The van der Waals surface area contributed by atoms with Crippen LogP contribution in [0.3, 0.4) is 0 Å². The summed E-state index contributed by atoms with van der Waals surface area (Å²) < 4.78 is 0. The summed E-state index contributed by atoms with van der Waals surface area (Å²) in [5, 5.41) is 3.75. The van der Waals surface area contributed by atoms with Crippen LogP contribution in [0.1, 0.15) is 43.1 Å². The number of nitrogens with zero attached hydrogens (tertiary/aromatic N) is 1. The molecular weight excluding hydrogens is 244 g/mol. The number of anilines is 1. The number of nitrogens with one attached hydrogen (secondary N) is 1. The van der Waals surface area contributed by atoms with Crippen LogP contribution < -0.4 is 5.32 Å². The third kappa shape index (κ3) is 1.54. The fraction of sp³-hybridized carbons (Fsp3) is 0.389. The number of fused-ring (bicyclic) bond motifs is 4. The molecule has 1 aliphatic carbocycles. The molecule has 2 aliphatic rings. The Kier molecular flexibility index (Phi) is 2.44. The molecule has 20 heavy (non-hydrogen) atoms. The number of hydrogen-bond acceptors (Lipinski definition) is 2. The SMILES string of the molecule is CC1(C)c2ccccc2N[C@@H]2c3ncccc3CC[C@H]21. The fourth-order valence-electron chi connectivity index (χ4n) is 4.10. The molecule has 0 fully saturated rings. The van der Waals surface area contributed by atoms with Crippen molar-refractivity contribution in [1.82, 2.24) is 4.98 Å². The van der Waals surface area contributed by atoms with Gasteiger partial charge in [-0.05, 0) is 47.4 Å². The molecule has 1 aromatic carbocycles. The van der Waals surface area contributed by atoms with Gasteiger partial charge in [0.15, 0.2) is 0 Å². The van der Waals surface area contributed by atoms with E-state index in [-0.39, 0.29) is 5.41 Å². The lowest BCUT2D eigenvalue weighted by molar-refractivity contribution is 0.236. The quantitative estimate of drug-likeness (QED) is 0.775. The Balaban J connectivity index is 1.88. The van der Waals surface area contributed by atoms with Crippen LogP contribution in [0, 0.1) is 5.92 Å². The first kappa shape index (κ1) is 12.0. The molecule has 4 rings (SSSR count). The monoisotopic (exact) mass is 264 g/mol. The standard InChI is InChI=1S/C18H20N2/c1-18(2)13-7-3-4-8-15(13)20-17-14(18)10-9-12-6-5-11-19-16(12)17/h3-8,11,14,17,20H,9-10H2,1-2H3/t14-,17+/m1/s1. The van der Waals surface area contributed by atoms with Gasteiger partial charge in [-0.1, -0.05) is 38.1 Å². The van der Waals surface area contributed by atoms with Crippen molar-refractivity contribution in [3.05, 3.63) is 59.4 Å². The van der Waals surface area contributed by atoms with E-state index in [1.165, 1.54) is 28.9 Å². The first-order valence-electron chi connectivity index (χ1n) is 7.48. The lowest BCUT2D eigenvalue weighted by Crippen LogP contribution is -2.44. The fourth-order valence-corrected chi connectivity index (χ4v) is 4.10. The lowest BCUT2D eigenvalue weighted by atomic mass is 9.62. The average Bonchev–Trinajstić information content (AvgIpc) is 2.47. The van der Waals surface area contributed by atoms with Crippen LogP contribution in [0.4, 0.5) is 5.69 Å². The van der Waals surface area contributed by atoms with E-state index < -0.39 is 0 Å². The van der Waals surface area contributed by atoms with Gasteiger partial charge >= 0.3 is 0 Å². The number of benzene rings is 1. The van der Waals surface area contributed by atoms with Gasteiger partial charge in [0, 0.05) is 11.9 Å². The summed E-state index contributed by atoms with van der Waals surface area (Å²) in [7, 11) is 0. The highest BCUT2D eigenvalue weighted by atomic mass is 15.0. The minimum atomic E-state index is 0.196. The van der Waals surface area contributed by atoms with Gasteiger partial charge in [0.25, 0.3) is 0 Å². The maximum atomic E-state index is 4.68. The van der Waals surface area contributed by atoms with Gasteiger partial charge < -0.3 is 5.32 Å². The second-order valence-corrected chi connectivity index (χ2v) is 6.58. The second-order valence-electron chi connectivity index (χ2n) is 6.58. The molecule has 1 aliphatic heterocycles. The third-order valence-corrected chi connectivity index (χ3v) is 5.21. The Labute approximate surface area is 120 Å². The van der Waals surface area contributed by atoms with E-state index in [2.05, 4.69) is 60.5 Å². The highest BCUT2D eigenvalue weighted by Crippen LogP contribution is 2.51. The van der Waals surface area contributed by atoms with Crippen molar-refractivity contribution in [2.75, 3.05) is 5.32 Å². The molecule has 0 spiro atoms. The largest absolute Gasteiger partial charge is 0.376 e. The van der Waals surface area contributed by atoms with Crippen LogP contribution in [0.25, 0.3) is 0 Å². The predicted octanol–water partition coefficient (Wildman–Crippen LogP) is 4.09. The van der Waals surface area contributed by atoms with Crippen molar-refractivity contribution < 1.29 is 0 Å². The predicted molar refractivity (Wildman–Crippen MR) is 81.9 cm³/mol. The molecule has 2 nitrogen and oxygen atoms in total. The third-order valence-electron chi connectivity index (χ3n) is 5.21.